The molecule has 1 fully saturated rings. The first-order valence-corrected chi connectivity index (χ1v) is 7.77. The van der Waals surface area contributed by atoms with E-state index >= 15 is 0 Å². The van der Waals surface area contributed by atoms with Crippen molar-refractivity contribution in [1.82, 2.24) is 10.9 Å². The summed E-state index contributed by atoms with van der Waals surface area (Å²) in [4.78, 5) is 0. The molecule has 114 valence electrons. The molecular formula is C20H18N2O. The van der Waals surface area contributed by atoms with Crippen LogP contribution in [-0.2, 0) is 4.74 Å². The molecule has 23 heavy (non-hydrogen) atoms. The number of hydrogen-bond donors (Lipinski definition) is 2. The van der Waals surface area contributed by atoms with Crippen molar-refractivity contribution in [2.45, 2.75) is 12.5 Å². The second-order valence-electron chi connectivity index (χ2n) is 5.58. The number of hydrazine groups is 1. The average Bonchev–Trinajstić information content (AvgIpc) is 3.14. The maximum atomic E-state index is 6.06. The first-order valence-electron chi connectivity index (χ1n) is 7.77. The van der Waals surface area contributed by atoms with Crippen molar-refractivity contribution in [3.63, 3.8) is 0 Å². The van der Waals surface area contributed by atoms with Crippen molar-refractivity contribution in [2.75, 3.05) is 0 Å². The molecule has 0 saturated carbocycles. The minimum Gasteiger partial charge on any atom is -0.334 e. The summed E-state index contributed by atoms with van der Waals surface area (Å²) >= 11 is 0. The number of benzene rings is 3. The van der Waals surface area contributed by atoms with E-state index in [1.165, 1.54) is 11.1 Å². The fourth-order valence-electron chi connectivity index (χ4n) is 2.79. The predicted molar refractivity (Wildman–Crippen MR) is 91.2 cm³/mol. The number of nitrogens with one attached hydrogen (secondary N) is 2. The van der Waals surface area contributed by atoms with Gasteiger partial charge in [-0.05, 0) is 22.3 Å². The molecule has 3 aromatic rings. The third-order valence-electron chi connectivity index (χ3n) is 4.04. The highest BCUT2D eigenvalue weighted by Crippen LogP contribution is 2.29. The highest BCUT2D eigenvalue weighted by molar-refractivity contribution is 5.63. The summed E-state index contributed by atoms with van der Waals surface area (Å²) in [6, 6.07) is 29.0. The standard InChI is InChI=1S/C20H18N2O/c1-3-7-15(8-4-1)16-11-13-18(14-12-16)20-22-21-19(23-20)17-9-5-2-6-10-17/h1-14,19-22H. The molecule has 3 nitrogen and oxygen atoms in total. The molecule has 1 aliphatic rings. The molecule has 0 amide bonds. The van der Waals surface area contributed by atoms with Crippen LogP contribution in [0.5, 0.6) is 0 Å². The SMILES string of the molecule is c1ccc(-c2ccc(C3NNC(c4ccccc4)O3)cc2)cc1. The van der Waals surface area contributed by atoms with E-state index in [-0.39, 0.29) is 12.5 Å². The van der Waals surface area contributed by atoms with Crippen LogP contribution in [0.15, 0.2) is 84.9 Å². The zero-order chi connectivity index (χ0) is 15.5. The van der Waals surface area contributed by atoms with Gasteiger partial charge in [0.25, 0.3) is 0 Å². The Balaban J connectivity index is 1.49. The lowest BCUT2D eigenvalue weighted by Gasteiger charge is -2.12. The average molecular weight is 302 g/mol. The van der Waals surface area contributed by atoms with Crippen molar-refractivity contribution in [2.24, 2.45) is 0 Å². The predicted octanol–water partition coefficient (Wildman–Crippen LogP) is 4.18. The first kappa shape index (κ1) is 14.2. The molecular weight excluding hydrogens is 284 g/mol. The van der Waals surface area contributed by atoms with Gasteiger partial charge in [-0.3, -0.25) is 0 Å². The van der Waals surface area contributed by atoms with Crippen molar-refractivity contribution < 1.29 is 4.74 Å². The Morgan fingerprint density at radius 1 is 0.522 bits per heavy atom. The lowest BCUT2D eigenvalue weighted by atomic mass is 10.0. The van der Waals surface area contributed by atoms with Gasteiger partial charge in [-0.1, -0.05) is 84.9 Å². The molecule has 0 radical (unpaired) electrons. The van der Waals surface area contributed by atoms with Crippen LogP contribution in [0.3, 0.4) is 0 Å². The Morgan fingerprint density at radius 3 is 1.61 bits per heavy atom. The van der Waals surface area contributed by atoms with Crippen molar-refractivity contribution in [3.05, 3.63) is 96.1 Å². The molecule has 4 rings (SSSR count). The number of rotatable bonds is 3. The lowest BCUT2D eigenvalue weighted by molar-refractivity contribution is 0.0341. The van der Waals surface area contributed by atoms with Gasteiger partial charge in [-0.25, -0.2) is 10.9 Å². The van der Waals surface area contributed by atoms with Crippen LogP contribution in [0.25, 0.3) is 11.1 Å². The highest BCUT2D eigenvalue weighted by Gasteiger charge is 2.26. The summed E-state index contributed by atoms with van der Waals surface area (Å²) in [7, 11) is 0. The molecule has 3 aromatic carbocycles. The van der Waals surface area contributed by atoms with Gasteiger partial charge in [-0.15, -0.1) is 0 Å². The van der Waals surface area contributed by atoms with Crippen LogP contribution >= 0.6 is 0 Å². The van der Waals surface area contributed by atoms with E-state index in [9.17, 15) is 0 Å². The maximum absolute atomic E-state index is 6.06. The zero-order valence-electron chi connectivity index (χ0n) is 12.6. The molecule has 1 aliphatic heterocycles. The minimum absolute atomic E-state index is 0.130. The van der Waals surface area contributed by atoms with E-state index in [0.717, 1.165) is 11.1 Å². The highest BCUT2D eigenvalue weighted by atomic mass is 16.5. The summed E-state index contributed by atoms with van der Waals surface area (Å²) in [5.41, 5.74) is 11.1. The molecule has 0 bridgehead atoms. The van der Waals surface area contributed by atoms with Crippen LogP contribution in [0, 0.1) is 0 Å². The molecule has 1 heterocycles. The van der Waals surface area contributed by atoms with E-state index in [1.54, 1.807) is 0 Å². The monoisotopic (exact) mass is 302 g/mol. The molecule has 1 saturated heterocycles. The summed E-state index contributed by atoms with van der Waals surface area (Å²) in [5.74, 6) is 0. The van der Waals surface area contributed by atoms with Gasteiger partial charge >= 0.3 is 0 Å². The van der Waals surface area contributed by atoms with Gasteiger partial charge in [0.15, 0.2) is 0 Å². The van der Waals surface area contributed by atoms with Gasteiger partial charge < -0.3 is 4.74 Å². The van der Waals surface area contributed by atoms with Gasteiger partial charge in [0.05, 0.1) is 0 Å². The summed E-state index contributed by atoms with van der Waals surface area (Å²) < 4.78 is 6.06. The second kappa shape index (κ2) is 6.34. The van der Waals surface area contributed by atoms with E-state index in [1.807, 2.05) is 24.3 Å². The molecule has 2 atom stereocenters. The molecule has 2 N–H and O–H groups in total. The van der Waals surface area contributed by atoms with Gasteiger partial charge in [0.1, 0.15) is 12.5 Å². The summed E-state index contributed by atoms with van der Waals surface area (Å²) in [5, 5.41) is 0. The van der Waals surface area contributed by atoms with E-state index in [0.29, 0.717) is 0 Å². The number of ether oxygens (including phenoxy) is 1. The Bertz CT molecular complexity index is 757. The summed E-state index contributed by atoms with van der Waals surface area (Å²) in [6.45, 7) is 0. The van der Waals surface area contributed by atoms with E-state index in [4.69, 9.17) is 4.74 Å². The quantitative estimate of drug-likeness (QED) is 0.761. The first-order chi connectivity index (χ1) is 11.4. The van der Waals surface area contributed by atoms with Crippen molar-refractivity contribution in [3.8, 4) is 11.1 Å². The topological polar surface area (TPSA) is 33.3 Å². The van der Waals surface area contributed by atoms with Gasteiger partial charge in [0.2, 0.25) is 0 Å². The van der Waals surface area contributed by atoms with Crippen LogP contribution in [0.1, 0.15) is 23.6 Å². The van der Waals surface area contributed by atoms with Crippen molar-refractivity contribution >= 4 is 0 Å². The Kier molecular flexibility index (Phi) is 3.90. The molecule has 0 aliphatic carbocycles. The largest absolute Gasteiger partial charge is 0.334 e. The second-order valence-corrected chi connectivity index (χ2v) is 5.58. The van der Waals surface area contributed by atoms with Crippen LogP contribution < -0.4 is 10.9 Å². The fraction of sp³-hybridized carbons (Fsp3) is 0.100. The van der Waals surface area contributed by atoms with Gasteiger partial charge in [-0.2, -0.15) is 0 Å². The third-order valence-corrected chi connectivity index (χ3v) is 4.04. The maximum Gasteiger partial charge on any atom is 0.149 e. The van der Waals surface area contributed by atoms with Crippen LogP contribution in [-0.4, -0.2) is 0 Å². The van der Waals surface area contributed by atoms with E-state index < -0.39 is 0 Å². The van der Waals surface area contributed by atoms with Crippen LogP contribution in [0.4, 0.5) is 0 Å². The lowest BCUT2D eigenvalue weighted by Crippen LogP contribution is -2.26. The number of hydrogen-bond acceptors (Lipinski definition) is 3. The Hall–Kier alpha value is -2.46. The van der Waals surface area contributed by atoms with Crippen molar-refractivity contribution in [1.29, 1.82) is 0 Å². The Labute approximate surface area is 135 Å². The molecule has 2 unspecified atom stereocenters. The smallest absolute Gasteiger partial charge is 0.149 e. The molecule has 3 heteroatoms. The fourth-order valence-corrected chi connectivity index (χ4v) is 2.79. The molecule has 0 aromatic heterocycles. The zero-order valence-corrected chi connectivity index (χ0v) is 12.6. The van der Waals surface area contributed by atoms with Crippen LogP contribution in [0.2, 0.25) is 0 Å². The molecule has 0 spiro atoms. The third kappa shape index (κ3) is 3.03. The van der Waals surface area contributed by atoms with E-state index in [2.05, 4.69) is 71.5 Å². The minimum atomic E-state index is -0.148. The Morgan fingerprint density at radius 2 is 1.00 bits per heavy atom. The summed E-state index contributed by atoms with van der Waals surface area (Å²) in [6.07, 6.45) is -0.278. The normalized spacial score (nSPS) is 20.5. The van der Waals surface area contributed by atoms with Gasteiger partial charge in [0, 0.05) is 0 Å².